The van der Waals surface area contributed by atoms with Crippen molar-refractivity contribution in [2.24, 2.45) is 5.92 Å². The Hall–Kier alpha value is -1.25. The van der Waals surface area contributed by atoms with Crippen LogP contribution in [-0.2, 0) is 11.3 Å². The predicted molar refractivity (Wildman–Crippen MR) is 54.6 cm³/mol. The highest BCUT2D eigenvalue weighted by molar-refractivity contribution is 5.78. The number of amides is 1. The molecule has 1 aliphatic carbocycles. The molecule has 76 valence electrons. The Morgan fingerprint density at radius 1 is 1.50 bits per heavy atom. The fraction of sp³-hybridized carbons (Fsp3) is 0.545. The molecule has 1 saturated carbocycles. The lowest BCUT2D eigenvalue weighted by Crippen LogP contribution is -2.28. The summed E-state index contributed by atoms with van der Waals surface area (Å²) in [6.07, 6.45) is 6.42. The number of hydrogen-bond donors (Lipinski definition) is 2. The van der Waals surface area contributed by atoms with Gasteiger partial charge in [-0.05, 0) is 25.0 Å². The van der Waals surface area contributed by atoms with Gasteiger partial charge >= 0.3 is 0 Å². The van der Waals surface area contributed by atoms with Crippen molar-refractivity contribution < 1.29 is 4.79 Å². The van der Waals surface area contributed by atoms with E-state index in [0.29, 0.717) is 6.54 Å². The highest BCUT2D eigenvalue weighted by Gasteiger charge is 2.21. The largest absolute Gasteiger partial charge is 0.364 e. The average Bonchev–Trinajstić information content (AvgIpc) is 2.87. The quantitative estimate of drug-likeness (QED) is 0.754. The van der Waals surface area contributed by atoms with E-state index in [2.05, 4.69) is 10.3 Å². The highest BCUT2D eigenvalue weighted by atomic mass is 16.1. The van der Waals surface area contributed by atoms with Crippen molar-refractivity contribution in [3.63, 3.8) is 0 Å². The van der Waals surface area contributed by atoms with Crippen molar-refractivity contribution in [1.82, 2.24) is 10.3 Å². The normalized spacial score (nSPS) is 17.1. The van der Waals surface area contributed by atoms with Gasteiger partial charge in [-0.1, -0.05) is 12.8 Å². The zero-order valence-electron chi connectivity index (χ0n) is 8.25. The van der Waals surface area contributed by atoms with Crippen molar-refractivity contribution in [2.75, 3.05) is 0 Å². The van der Waals surface area contributed by atoms with Crippen molar-refractivity contribution in [3.8, 4) is 0 Å². The summed E-state index contributed by atoms with van der Waals surface area (Å²) >= 11 is 0. The van der Waals surface area contributed by atoms with E-state index in [1.807, 2.05) is 18.3 Å². The molecule has 1 aliphatic rings. The highest BCUT2D eigenvalue weighted by Crippen LogP contribution is 2.24. The summed E-state index contributed by atoms with van der Waals surface area (Å²) in [5.74, 6) is 0.488. The van der Waals surface area contributed by atoms with E-state index in [9.17, 15) is 4.79 Å². The maximum absolute atomic E-state index is 11.6. The lowest BCUT2D eigenvalue weighted by atomic mass is 10.1. The number of H-pyrrole nitrogens is 1. The average molecular weight is 192 g/mol. The van der Waals surface area contributed by atoms with Gasteiger partial charge in [-0.25, -0.2) is 0 Å². The number of hydrogen-bond acceptors (Lipinski definition) is 1. The third-order valence-electron chi connectivity index (χ3n) is 2.84. The van der Waals surface area contributed by atoms with Gasteiger partial charge in [0.2, 0.25) is 5.91 Å². The van der Waals surface area contributed by atoms with Crippen LogP contribution in [0.4, 0.5) is 0 Å². The molecule has 1 aromatic heterocycles. The standard InChI is InChI=1S/C11H16N2O/c14-11(9-4-1-2-5-9)13-8-10-6-3-7-12-10/h3,6-7,9,12H,1-2,4-5,8H2,(H,13,14). The summed E-state index contributed by atoms with van der Waals surface area (Å²) in [5, 5.41) is 2.96. The number of nitrogens with one attached hydrogen (secondary N) is 2. The van der Waals surface area contributed by atoms with Gasteiger partial charge in [0.15, 0.2) is 0 Å². The SMILES string of the molecule is O=C(NCc1ccc[nH]1)C1CCCC1. The van der Waals surface area contributed by atoms with E-state index in [0.717, 1.165) is 18.5 Å². The Morgan fingerprint density at radius 2 is 2.29 bits per heavy atom. The van der Waals surface area contributed by atoms with Crippen molar-refractivity contribution in [1.29, 1.82) is 0 Å². The van der Waals surface area contributed by atoms with Crippen molar-refractivity contribution in [2.45, 2.75) is 32.2 Å². The number of aromatic amines is 1. The molecule has 3 heteroatoms. The smallest absolute Gasteiger partial charge is 0.223 e. The predicted octanol–water partition coefficient (Wildman–Crippen LogP) is 1.82. The first-order chi connectivity index (χ1) is 6.86. The van der Waals surface area contributed by atoms with Crippen LogP contribution in [0, 0.1) is 5.92 Å². The van der Waals surface area contributed by atoms with Gasteiger partial charge in [-0.2, -0.15) is 0 Å². The second-order valence-electron chi connectivity index (χ2n) is 3.89. The molecular weight excluding hydrogens is 176 g/mol. The maximum Gasteiger partial charge on any atom is 0.223 e. The molecule has 2 rings (SSSR count). The van der Waals surface area contributed by atoms with Crippen LogP contribution in [0.2, 0.25) is 0 Å². The van der Waals surface area contributed by atoms with Crippen molar-refractivity contribution >= 4 is 5.91 Å². The zero-order chi connectivity index (χ0) is 9.80. The molecule has 0 saturated heterocycles. The molecule has 1 amide bonds. The minimum absolute atomic E-state index is 0.220. The van der Waals surface area contributed by atoms with Gasteiger partial charge < -0.3 is 10.3 Å². The van der Waals surface area contributed by atoms with E-state index in [1.54, 1.807) is 0 Å². The van der Waals surface area contributed by atoms with Gasteiger partial charge in [-0.15, -0.1) is 0 Å². The summed E-state index contributed by atoms with van der Waals surface area (Å²) in [5.41, 5.74) is 1.07. The van der Waals surface area contributed by atoms with Crippen LogP contribution >= 0.6 is 0 Å². The Labute approximate surface area is 83.9 Å². The Balaban J connectivity index is 1.77. The van der Waals surface area contributed by atoms with E-state index in [-0.39, 0.29) is 11.8 Å². The van der Waals surface area contributed by atoms with Crippen molar-refractivity contribution in [3.05, 3.63) is 24.0 Å². The second-order valence-corrected chi connectivity index (χ2v) is 3.89. The van der Waals surface area contributed by atoms with Crippen LogP contribution in [0.5, 0.6) is 0 Å². The van der Waals surface area contributed by atoms with Crippen LogP contribution in [-0.4, -0.2) is 10.9 Å². The van der Waals surface area contributed by atoms with Gasteiger partial charge in [0.1, 0.15) is 0 Å². The molecule has 0 bridgehead atoms. The number of aromatic nitrogens is 1. The molecule has 1 aromatic rings. The number of carbonyl (C=O) groups is 1. The molecule has 0 atom stereocenters. The minimum Gasteiger partial charge on any atom is -0.364 e. The third-order valence-corrected chi connectivity index (χ3v) is 2.84. The van der Waals surface area contributed by atoms with E-state index < -0.39 is 0 Å². The first kappa shape index (κ1) is 9.31. The molecule has 0 aromatic carbocycles. The Bertz CT molecular complexity index is 286. The fourth-order valence-electron chi connectivity index (χ4n) is 1.99. The molecule has 1 fully saturated rings. The summed E-state index contributed by atoms with van der Waals surface area (Å²) in [6, 6.07) is 3.92. The summed E-state index contributed by atoms with van der Waals surface area (Å²) in [4.78, 5) is 14.7. The van der Waals surface area contributed by atoms with Gasteiger partial charge in [-0.3, -0.25) is 4.79 Å². The maximum atomic E-state index is 11.6. The summed E-state index contributed by atoms with van der Waals surface area (Å²) in [6.45, 7) is 0.627. The van der Waals surface area contributed by atoms with Gasteiger partial charge in [0.25, 0.3) is 0 Å². The Morgan fingerprint density at radius 3 is 2.93 bits per heavy atom. The molecule has 2 N–H and O–H groups in total. The van der Waals surface area contributed by atoms with Crippen LogP contribution in [0.1, 0.15) is 31.4 Å². The van der Waals surface area contributed by atoms with Crippen LogP contribution < -0.4 is 5.32 Å². The van der Waals surface area contributed by atoms with E-state index in [1.165, 1.54) is 12.8 Å². The lowest BCUT2D eigenvalue weighted by molar-refractivity contribution is -0.124. The molecule has 14 heavy (non-hydrogen) atoms. The van der Waals surface area contributed by atoms with Gasteiger partial charge in [0, 0.05) is 17.8 Å². The Kier molecular flexibility index (Phi) is 2.87. The first-order valence-corrected chi connectivity index (χ1v) is 5.26. The molecule has 1 heterocycles. The molecule has 0 radical (unpaired) electrons. The lowest BCUT2D eigenvalue weighted by Gasteiger charge is -2.09. The summed E-state index contributed by atoms with van der Waals surface area (Å²) in [7, 11) is 0. The second kappa shape index (κ2) is 4.31. The number of rotatable bonds is 3. The minimum atomic E-state index is 0.220. The molecule has 0 unspecified atom stereocenters. The van der Waals surface area contributed by atoms with E-state index >= 15 is 0 Å². The molecule has 0 aliphatic heterocycles. The molecular formula is C11H16N2O. The number of carbonyl (C=O) groups excluding carboxylic acids is 1. The van der Waals surface area contributed by atoms with Crippen LogP contribution in [0.25, 0.3) is 0 Å². The van der Waals surface area contributed by atoms with Crippen LogP contribution in [0.3, 0.4) is 0 Å². The molecule has 0 spiro atoms. The summed E-state index contributed by atoms with van der Waals surface area (Å²) < 4.78 is 0. The van der Waals surface area contributed by atoms with Crippen LogP contribution in [0.15, 0.2) is 18.3 Å². The monoisotopic (exact) mass is 192 g/mol. The zero-order valence-corrected chi connectivity index (χ0v) is 8.25. The first-order valence-electron chi connectivity index (χ1n) is 5.26. The van der Waals surface area contributed by atoms with Gasteiger partial charge in [0.05, 0.1) is 6.54 Å². The molecule has 3 nitrogen and oxygen atoms in total. The van der Waals surface area contributed by atoms with E-state index in [4.69, 9.17) is 0 Å². The third kappa shape index (κ3) is 2.16. The fourth-order valence-corrected chi connectivity index (χ4v) is 1.99. The topological polar surface area (TPSA) is 44.9 Å².